The van der Waals surface area contributed by atoms with E-state index in [9.17, 15) is 0 Å². The van der Waals surface area contributed by atoms with Crippen LogP contribution in [0.5, 0.6) is 0 Å². The van der Waals surface area contributed by atoms with Gasteiger partial charge in [-0.3, -0.25) is 0 Å². The summed E-state index contributed by atoms with van der Waals surface area (Å²) in [6.45, 7) is 2.05. The Labute approximate surface area is 58.6 Å². The third-order valence-electron chi connectivity index (χ3n) is 1.03. The lowest BCUT2D eigenvalue weighted by molar-refractivity contribution is 0.354. The highest BCUT2D eigenvalue weighted by Crippen LogP contribution is 1.90. The Hall–Kier alpha value is -0.940. The summed E-state index contributed by atoms with van der Waals surface area (Å²) < 4.78 is 4.72. The van der Waals surface area contributed by atoms with Crippen molar-refractivity contribution in [2.24, 2.45) is 5.73 Å². The Bertz CT molecular complexity index is 162. The second kappa shape index (κ2) is 3.97. The second-order valence-electron chi connectivity index (χ2n) is 1.85. The minimum absolute atomic E-state index is 0.627. The van der Waals surface area contributed by atoms with Crippen LogP contribution in [0, 0.1) is 0 Å². The van der Waals surface area contributed by atoms with Gasteiger partial charge >= 0.3 is 0 Å². The highest BCUT2D eigenvalue weighted by Gasteiger charge is 1.94. The summed E-state index contributed by atoms with van der Waals surface area (Å²) >= 11 is 0. The average Bonchev–Trinajstić information content (AvgIpc) is 2.41. The zero-order chi connectivity index (χ0) is 7.23. The molecule has 0 atom stereocenters. The molecule has 3 N–H and O–H groups in total. The Morgan fingerprint density at radius 3 is 3.20 bits per heavy atom. The van der Waals surface area contributed by atoms with Crippen molar-refractivity contribution in [2.45, 2.75) is 6.54 Å². The molecule has 0 fully saturated rings. The molecule has 56 valence electrons. The van der Waals surface area contributed by atoms with E-state index in [1.165, 1.54) is 0 Å². The number of nitrogens with one attached hydrogen (secondary N) is 1. The SMILES string of the molecule is NCCNCc1cnno1. The van der Waals surface area contributed by atoms with Gasteiger partial charge in [-0.2, -0.15) is 0 Å². The van der Waals surface area contributed by atoms with Crippen LogP contribution >= 0.6 is 0 Å². The van der Waals surface area contributed by atoms with Crippen molar-refractivity contribution >= 4 is 0 Å². The maximum atomic E-state index is 5.24. The Morgan fingerprint density at radius 2 is 2.60 bits per heavy atom. The van der Waals surface area contributed by atoms with Gasteiger partial charge < -0.3 is 15.6 Å². The molecule has 0 aliphatic heterocycles. The van der Waals surface area contributed by atoms with Crippen LogP contribution in [0.1, 0.15) is 5.76 Å². The molecule has 0 saturated heterocycles. The van der Waals surface area contributed by atoms with Crippen LogP contribution in [0.25, 0.3) is 0 Å². The van der Waals surface area contributed by atoms with Crippen LogP contribution in [0.3, 0.4) is 0 Å². The number of hydrogen-bond acceptors (Lipinski definition) is 5. The highest BCUT2D eigenvalue weighted by molar-refractivity contribution is 4.83. The molecule has 0 bridgehead atoms. The fourth-order valence-corrected chi connectivity index (χ4v) is 0.579. The van der Waals surface area contributed by atoms with Gasteiger partial charge in [0, 0.05) is 18.4 Å². The number of hydrogen-bond donors (Lipinski definition) is 2. The highest BCUT2D eigenvalue weighted by atomic mass is 16.5. The summed E-state index contributed by atoms with van der Waals surface area (Å²) in [5.74, 6) is 0.730. The summed E-state index contributed by atoms with van der Waals surface area (Å²) in [5.41, 5.74) is 5.24. The Balaban J connectivity index is 2.15. The standard InChI is InChI=1S/C5H10N4O/c6-1-2-7-3-5-4-8-9-10-5/h4,7H,1-3,6H2. The van der Waals surface area contributed by atoms with Crippen LogP contribution in [0.15, 0.2) is 10.7 Å². The van der Waals surface area contributed by atoms with Crippen molar-refractivity contribution in [3.63, 3.8) is 0 Å². The summed E-state index contributed by atoms with van der Waals surface area (Å²) in [5, 5.41) is 9.86. The summed E-state index contributed by atoms with van der Waals surface area (Å²) in [7, 11) is 0. The molecule has 5 heteroatoms. The van der Waals surface area contributed by atoms with E-state index in [1.54, 1.807) is 6.20 Å². The smallest absolute Gasteiger partial charge is 0.170 e. The van der Waals surface area contributed by atoms with Crippen molar-refractivity contribution in [3.8, 4) is 0 Å². The molecule has 1 aromatic heterocycles. The zero-order valence-corrected chi connectivity index (χ0v) is 5.58. The molecule has 5 nitrogen and oxygen atoms in total. The largest absolute Gasteiger partial charge is 0.341 e. The van der Waals surface area contributed by atoms with Gasteiger partial charge in [0.2, 0.25) is 0 Å². The van der Waals surface area contributed by atoms with Gasteiger partial charge in [0.25, 0.3) is 0 Å². The fourth-order valence-electron chi connectivity index (χ4n) is 0.579. The van der Waals surface area contributed by atoms with Gasteiger partial charge in [-0.05, 0) is 0 Å². The predicted octanol–water partition coefficient (Wildman–Crippen LogP) is -0.882. The molecule has 0 radical (unpaired) electrons. The van der Waals surface area contributed by atoms with E-state index in [2.05, 4.69) is 15.7 Å². The van der Waals surface area contributed by atoms with Crippen LogP contribution in [0.2, 0.25) is 0 Å². The van der Waals surface area contributed by atoms with Crippen molar-refractivity contribution in [2.75, 3.05) is 13.1 Å². The maximum Gasteiger partial charge on any atom is 0.170 e. The summed E-state index contributed by atoms with van der Waals surface area (Å²) in [6.07, 6.45) is 1.57. The number of nitrogens with two attached hydrogens (primary N) is 1. The van der Waals surface area contributed by atoms with Gasteiger partial charge in [0.15, 0.2) is 5.76 Å². The minimum atomic E-state index is 0.627. The van der Waals surface area contributed by atoms with Gasteiger partial charge in [-0.1, -0.05) is 0 Å². The lowest BCUT2D eigenvalue weighted by Gasteiger charge is -1.95. The predicted molar refractivity (Wildman–Crippen MR) is 35.1 cm³/mol. The first kappa shape index (κ1) is 7.17. The first-order valence-electron chi connectivity index (χ1n) is 3.10. The van der Waals surface area contributed by atoms with Crippen molar-refractivity contribution in [1.29, 1.82) is 0 Å². The third-order valence-corrected chi connectivity index (χ3v) is 1.03. The first-order chi connectivity index (χ1) is 4.93. The molecule has 0 aromatic carbocycles. The first-order valence-corrected chi connectivity index (χ1v) is 3.10. The molecule has 0 amide bonds. The van der Waals surface area contributed by atoms with Gasteiger partial charge in [-0.15, -0.1) is 5.10 Å². The normalized spacial score (nSPS) is 10.1. The molecule has 0 aliphatic carbocycles. The molecule has 1 rings (SSSR count). The lowest BCUT2D eigenvalue weighted by atomic mass is 10.5. The van der Waals surface area contributed by atoms with Crippen molar-refractivity contribution in [3.05, 3.63) is 12.0 Å². The topological polar surface area (TPSA) is 77.0 Å². The minimum Gasteiger partial charge on any atom is -0.341 e. The van der Waals surface area contributed by atoms with Crippen LogP contribution < -0.4 is 11.1 Å². The third kappa shape index (κ3) is 2.12. The van der Waals surface area contributed by atoms with Crippen molar-refractivity contribution < 1.29 is 4.52 Å². The average molecular weight is 142 g/mol. The molecule has 0 spiro atoms. The van der Waals surface area contributed by atoms with Crippen LogP contribution in [0.4, 0.5) is 0 Å². The van der Waals surface area contributed by atoms with Gasteiger partial charge in [0.1, 0.15) is 0 Å². The second-order valence-corrected chi connectivity index (χ2v) is 1.85. The fraction of sp³-hybridized carbons (Fsp3) is 0.600. The number of nitrogens with zero attached hydrogens (tertiary/aromatic N) is 2. The molecule has 0 saturated carbocycles. The van der Waals surface area contributed by atoms with Crippen LogP contribution in [-0.4, -0.2) is 23.5 Å². The molecule has 1 aromatic rings. The van der Waals surface area contributed by atoms with E-state index in [1.807, 2.05) is 0 Å². The lowest BCUT2D eigenvalue weighted by Crippen LogP contribution is -2.21. The number of rotatable bonds is 4. The molecule has 0 aliphatic rings. The van der Waals surface area contributed by atoms with E-state index in [0.29, 0.717) is 13.1 Å². The molecule has 0 unspecified atom stereocenters. The summed E-state index contributed by atoms with van der Waals surface area (Å²) in [4.78, 5) is 0. The van der Waals surface area contributed by atoms with Gasteiger partial charge in [-0.25, -0.2) is 0 Å². The Kier molecular flexibility index (Phi) is 2.85. The molecular weight excluding hydrogens is 132 g/mol. The van der Waals surface area contributed by atoms with Crippen LogP contribution in [-0.2, 0) is 6.54 Å². The van der Waals surface area contributed by atoms with Crippen molar-refractivity contribution in [1.82, 2.24) is 15.7 Å². The molecular formula is C5H10N4O. The maximum absolute atomic E-state index is 5.24. The van der Waals surface area contributed by atoms with E-state index in [0.717, 1.165) is 12.3 Å². The summed E-state index contributed by atoms with van der Waals surface area (Å²) in [6, 6.07) is 0. The molecule has 1 heterocycles. The monoisotopic (exact) mass is 142 g/mol. The Morgan fingerprint density at radius 1 is 1.70 bits per heavy atom. The van der Waals surface area contributed by atoms with E-state index in [4.69, 9.17) is 10.3 Å². The van der Waals surface area contributed by atoms with E-state index < -0.39 is 0 Å². The zero-order valence-electron chi connectivity index (χ0n) is 5.58. The molecule has 10 heavy (non-hydrogen) atoms. The number of aromatic nitrogens is 2. The van der Waals surface area contributed by atoms with E-state index >= 15 is 0 Å². The quantitative estimate of drug-likeness (QED) is 0.534. The van der Waals surface area contributed by atoms with E-state index in [-0.39, 0.29) is 0 Å². The van der Waals surface area contributed by atoms with Gasteiger partial charge in [0.05, 0.1) is 12.7 Å².